The van der Waals surface area contributed by atoms with Gasteiger partial charge in [0, 0.05) is 73.5 Å². The molecule has 4 fully saturated rings. The van der Waals surface area contributed by atoms with Crippen molar-refractivity contribution < 1.29 is 23.8 Å². The van der Waals surface area contributed by atoms with Crippen molar-refractivity contribution >= 4 is 96.5 Å². The van der Waals surface area contributed by atoms with Gasteiger partial charge in [-0.15, -0.1) is 23.5 Å². The minimum atomic E-state index is -0.484. The van der Waals surface area contributed by atoms with Crippen LogP contribution in [0.5, 0.6) is 11.5 Å². The monoisotopic (exact) mass is 1230 g/mol. The van der Waals surface area contributed by atoms with E-state index in [4.69, 9.17) is 14.2 Å². The number of para-hydroxylation sites is 4. The van der Waals surface area contributed by atoms with Crippen molar-refractivity contribution in [1.82, 2.24) is 29.9 Å². The van der Waals surface area contributed by atoms with Crippen LogP contribution in [0.15, 0.2) is 190 Å². The number of aromatic nitrogens is 6. The van der Waals surface area contributed by atoms with Gasteiger partial charge in [0.15, 0.2) is 11.5 Å². The van der Waals surface area contributed by atoms with Gasteiger partial charge < -0.3 is 24.5 Å². The summed E-state index contributed by atoms with van der Waals surface area (Å²) in [6.07, 6.45) is 28.9. The molecule has 4 aliphatic carbocycles. The van der Waals surface area contributed by atoms with Crippen molar-refractivity contribution in [3.8, 4) is 11.5 Å². The van der Waals surface area contributed by atoms with Crippen LogP contribution in [-0.4, -0.2) is 68.9 Å². The lowest BCUT2D eigenvalue weighted by atomic mass is 9.66. The molecule has 0 saturated heterocycles. The predicted molar refractivity (Wildman–Crippen MR) is 362 cm³/mol. The lowest BCUT2D eigenvalue weighted by Gasteiger charge is -2.39. The van der Waals surface area contributed by atoms with Gasteiger partial charge >= 0.3 is 5.97 Å². The SMILES string of the molecule is COC(=O)c1ccccc1NC(=O)CSc1cccc2cccnc12.COc1cc2ncnc(Sc3ccccn3)c2cc1OC.C[C@@H]1CCC[C@@H]2CCCC[C@@H]21.C[C@@H]1CC[C@@H]2CCCC[C@@H]21.c1cnc2c(SCc3c[nH]c4ccccc34)cccc2c1. The van der Waals surface area contributed by atoms with Gasteiger partial charge in [-0.3, -0.25) is 14.8 Å². The molecule has 6 atom stereocenters. The molecule has 5 heterocycles. The van der Waals surface area contributed by atoms with Crippen molar-refractivity contribution in [2.45, 2.75) is 123 Å². The normalized spacial score (nSPS) is 19.1. The van der Waals surface area contributed by atoms with Crippen molar-refractivity contribution in [2.24, 2.45) is 35.5 Å². The average Bonchev–Trinajstić information content (AvgIpc) is 3.99. The molecule has 5 aromatic carbocycles. The van der Waals surface area contributed by atoms with Gasteiger partial charge in [-0.2, -0.15) is 0 Å². The lowest BCUT2D eigenvalue weighted by molar-refractivity contribution is -0.113. The molecule has 4 aliphatic rings. The number of anilines is 1. The maximum atomic E-state index is 12.3. The number of thioether (sulfide) groups is 2. The number of carbonyl (C=O) groups is 2. The summed E-state index contributed by atoms with van der Waals surface area (Å²) in [6, 6.07) is 44.9. The van der Waals surface area contributed by atoms with E-state index in [9.17, 15) is 9.59 Å². The second-order valence-corrected chi connectivity index (χ2v) is 26.3. The summed E-state index contributed by atoms with van der Waals surface area (Å²) in [5, 5.41) is 8.92. The predicted octanol–water partition coefficient (Wildman–Crippen LogP) is 18.8. The van der Waals surface area contributed by atoms with Crippen molar-refractivity contribution in [1.29, 1.82) is 0 Å². The second-order valence-electron chi connectivity index (χ2n) is 23.2. The molecule has 15 heteroatoms. The highest BCUT2D eigenvalue weighted by Crippen LogP contribution is 2.46. The number of fused-ring (bicyclic) bond motifs is 6. The summed E-state index contributed by atoms with van der Waals surface area (Å²) in [5.41, 5.74) is 6.07. The van der Waals surface area contributed by atoms with Crippen LogP contribution in [0.4, 0.5) is 5.69 Å². The summed E-state index contributed by atoms with van der Waals surface area (Å²) < 4.78 is 15.4. The molecular weight excluding hydrogens is 1150 g/mol. The fraction of sp³-hybridized carbons (Fsp3) is 0.356. The molecule has 0 aliphatic heterocycles. The summed E-state index contributed by atoms with van der Waals surface area (Å²) in [5.74, 6) is 8.42. The number of amides is 1. The van der Waals surface area contributed by atoms with E-state index in [-0.39, 0.29) is 11.7 Å². The van der Waals surface area contributed by atoms with Crippen molar-refractivity contribution in [2.75, 3.05) is 32.4 Å². The summed E-state index contributed by atoms with van der Waals surface area (Å²) in [6.45, 7) is 4.93. The van der Waals surface area contributed by atoms with E-state index in [2.05, 4.69) is 104 Å². The molecule has 0 bridgehead atoms. The Kier molecular flexibility index (Phi) is 23.2. The molecule has 456 valence electrons. The van der Waals surface area contributed by atoms with Crippen molar-refractivity contribution in [3.63, 3.8) is 0 Å². The molecule has 2 N–H and O–H groups in total. The first-order valence-corrected chi connectivity index (χ1v) is 33.9. The Labute approximate surface area is 531 Å². The first-order valence-electron chi connectivity index (χ1n) is 31.1. The Bertz CT molecular complexity index is 3870. The van der Waals surface area contributed by atoms with Crippen LogP contribution in [0.3, 0.4) is 0 Å². The third-order valence-corrected chi connectivity index (χ3v) is 20.9. The molecule has 12 nitrogen and oxygen atoms in total. The molecule has 0 unspecified atom stereocenters. The molecule has 4 saturated carbocycles. The topological polar surface area (TPSA) is 154 Å². The van der Waals surface area contributed by atoms with Crippen molar-refractivity contribution in [3.05, 3.63) is 182 Å². The third-order valence-electron chi connectivity index (χ3n) is 17.8. The van der Waals surface area contributed by atoms with Crippen LogP contribution in [0.25, 0.3) is 43.6 Å². The highest BCUT2D eigenvalue weighted by atomic mass is 32.2. The number of carbonyl (C=O) groups excluding carboxylic acids is 2. The molecule has 0 spiro atoms. The third kappa shape index (κ3) is 16.6. The van der Waals surface area contributed by atoms with E-state index in [1.54, 1.807) is 95.7 Å². The van der Waals surface area contributed by atoms with Crippen LogP contribution >= 0.6 is 35.3 Å². The summed E-state index contributed by atoms with van der Waals surface area (Å²) in [4.78, 5) is 51.4. The fourth-order valence-electron chi connectivity index (χ4n) is 13.2. The molecule has 0 radical (unpaired) electrons. The highest BCUT2D eigenvalue weighted by Gasteiger charge is 2.35. The number of methoxy groups -OCH3 is 3. The van der Waals surface area contributed by atoms with E-state index < -0.39 is 5.97 Å². The molecule has 14 rings (SSSR count). The van der Waals surface area contributed by atoms with Gasteiger partial charge in [-0.05, 0) is 133 Å². The maximum absolute atomic E-state index is 12.3. The maximum Gasteiger partial charge on any atom is 0.339 e. The minimum absolute atomic E-state index is 0.200. The molecule has 88 heavy (non-hydrogen) atoms. The van der Waals surface area contributed by atoms with Crippen LogP contribution < -0.4 is 14.8 Å². The summed E-state index contributed by atoms with van der Waals surface area (Å²) >= 11 is 4.74. The standard InChI is InChI=1S/C19H16N2O3S.C18H14N2S.C15H13N3O2S.C11H20.C10H18/c1-24-19(23)14-8-2-3-9-15(14)21-17(22)12-25-16-10-4-6-13-7-5-11-20-18(13)16;1-2-8-16-15(7-1)14(11-20-16)12-21-17-9-3-5-13-6-4-10-19-18(13)17;1-19-12-7-10-11(8-13(12)20-2)17-9-18-15(10)21-14-5-3-4-6-16-14;1-9-5-4-7-10-6-2-3-8-11(9)10;1-8-6-7-9-4-2-3-5-10(8)9/h2-11H,12H2,1H3,(H,21,22);1-11,20H,12H2;3-9H,1-2H3;9-11H,2-8H2,1H3;8-10H,2-7H2,1H3/t;;;9-,10+,11-;8-,9+,10-/m...11/s1. The largest absolute Gasteiger partial charge is 0.493 e. The van der Waals surface area contributed by atoms with Gasteiger partial charge in [0.25, 0.3) is 0 Å². The number of nitrogens with one attached hydrogen (secondary N) is 2. The first-order chi connectivity index (χ1) is 43.2. The Morgan fingerprint density at radius 1 is 0.568 bits per heavy atom. The van der Waals surface area contributed by atoms with E-state index >= 15 is 0 Å². The number of hydrogen-bond donors (Lipinski definition) is 2. The number of aromatic amines is 1. The number of hydrogen-bond acceptors (Lipinski definition) is 13. The van der Waals surface area contributed by atoms with E-state index in [1.165, 1.54) is 102 Å². The highest BCUT2D eigenvalue weighted by molar-refractivity contribution is 8.00. The number of ether oxygens (including phenoxy) is 3. The quantitative estimate of drug-likeness (QED) is 0.0678. The van der Waals surface area contributed by atoms with Gasteiger partial charge in [0.05, 0.1) is 54.9 Å². The number of H-pyrrole nitrogens is 1. The Morgan fingerprint density at radius 3 is 1.88 bits per heavy atom. The molecule has 5 aromatic heterocycles. The zero-order valence-corrected chi connectivity index (χ0v) is 53.7. The average molecular weight is 1230 g/mol. The number of benzene rings is 5. The first kappa shape index (κ1) is 63.6. The summed E-state index contributed by atoms with van der Waals surface area (Å²) in [7, 11) is 4.53. The Hall–Kier alpha value is -7.46. The Morgan fingerprint density at radius 2 is 1.18 bits per heavy atom. The number of rotatable bonds is 12. The lowest BCUT2D eigenvalue weighted by Crippen LogP contribution is -2.29. The fourth-order valence-corrected chi connectivity index (χ4v) is 15.9. The molecule has 10 aromatic rings. The number of pyridine rings is 3. The van der Waals surface area contributed by atoms with Gasteiger partial charge in [0.2, 0.25) is 5.91 Å². The van der Waals surface area contributed by atoms with E-state index in [1.807, 2.05) is 84.7 Å². The Balaban J connectivity index is 0.000000126. The molecular formula is C73H81N7O5S3. The van der Waals surface area contributed by atoms with Crippen LogP contribution in [0.1, 0.15) is 113 Å². The minimum Gasteiger partial charge on any atom is -0.493 e. The van der Waals surface area contributed by atoms with Crippen LogP contribution in [-0.2, 0) is 15.3 Å². The zero-order chi connectivity index (χ0) is 61.0. The van der Waals surface area contributed by atoms with Gasteiger partial charge in [-0.25, -0.2) is 19.7 Å². The van der Waals surface area contributed by atoms with Gasteiger partial charge in [-0.1, -0.05) is 151 Å². The van der Waals surface area contributed by atoms with E-state index in [0.29, 0.717) is 22.7 Å². The molecule has 1 amide bonds. The van der Waals surface area contributed by atoms with Gasteiger partial charge in [0.1, 0.15) is 16.4 Å². The zero-order valence-electron chi connectivity index (χ0n) is 51.2. The van der Waals surface area contributed by atoms with Crippen LogP contribution in [0, 0.1) is 35.5 Å². The van der Waals surface area contributed by atoms with E-state index in [0.717, 1.165) is 83.5 Å². The number of nitrogens with zero attached hydrogens (tertiary/aromatic N) is 5. The number of esters is 1. The second kappa shape index (κ2) is 32.1. The van der Waals surface area contributed by atoms with Crippen LogP contribution in [0.2, 0.25) is 0 Å². The smallest absolute Gasteiger partial charge is 0.339 e.